The Morgan fingerprint density at radius 3 is 2.00 bits per heavy atom. The molecule has 0 aromatic carbocycles. The van der Waals surface area contributed by atoms with Crippen LogP contribution in [0.25, 0.3) is 0 Å². The van der Waals surface area contributed by atoms with Crippen LogP contribution in [0.4, 0.5) is 17.6 Å². The highest BCUT2D eigenvalue weighted by molar-refractivity contribution is 5.74. The maximum absolute atomic E-state index is 12.5. The molecule has 1 fully saturated rings. The molecule has 2 atom stereocenters. The van der Waals surface area contributed by atoms with Gasteiger partial charge in [0, 0.05) is 0 Å². The van der Waals surface area contributed by atoms with Gasteiger partial charge in [0.2, 0.25) is 0 Å². The smallest absolute Gasteiger partial charge is 0.324 e. The van der Waals surface area contributed by atoms with E-state index in [0.717, 1.165) is 0 Å². The van der Waals surface area contributed by atoms with E-state index < -0.39 is 29.7 Å². The van der Waals surface area contributed by atoms with E-state index in [0.29, 0.717) is 6.08 Å². The van der Waals surface area contributed by atoms with E-state index in [2.05, 4.69) is 6.58 Å². The van der Waals surface area contributed by atoms with Crippen molar-refractivity contribution < 1.29 is 27.5 Å². The summed E-state index contributed by atoms with van der Waals surface area (Å²) >= 11 is 0. The van der Waals surface area contributed by atoms with E-state index in [-0.39, 0.29) is 0 Å². The largest absolute Gasteiger partial charge is 0.481 e. The highest BCUT2D eigenvalue weighted by atomic mass is 19.3. The van der Waals surface area contributed by atoms with Crippen molar-refractivity contribution in [2.24, 2.45) is 11.8 Å². The lowest BCUT2D eigenvalue weighted by molar-refractivity contribution is -0.334. The summed E-state index contributed by atoms with van der Waals surface area (Å²) < 4.78 is 50.0. The molecule has 0 bridgehead atoms. The van der Waals surface area contributed by atoms with Gasteiger partial charge in [-0.1, -0.05) is 6.08 Å². The second-order valence-corrected chi connectivity index (χ2v) is 2.82. The second kappa shape index (κ2) is 2.46. The topological polar surface area (TPSA) is 37.3 Å². The van der Waals surface area contributed by atoms with Crippen molar-refractivity contribution in [1.82, 2.24) is 0 Å². The van der Waals surface area contributed by atoms with Crippen LogP contribution in [0.3, 0.4) is 0 Å². The van der Waals surface area contributed by atoms with Crippen molar-refractivity contribution in [3.05, 3.63) is 12.7 Å². The molecule has 0 spiro atoms. The number of hydrogen-bond acceptors (Lipinski definition) is 1. The molecule has 1 N–H and O–H groups in total. The average Bonchev–Trinajstić information content (AvgIpc) is 1.97. The normalized spacial score (nSPS) is 34.8. The number of halogens is 4. The Labute approximate surface area is 70.9 Å². The monoisotopic (exact) mass is 198 g/mol. The SMILES string of the molecule is C=CC1C(C(=O)O)C(F)(F)C1(F)F. The minimum absolute atomic E-state index is 0.552. The van der Waals surface area contributed by atoms with Crippen LogP contribution < -0.4 is 0 Å². The van der Waals surface area contributed by atoms with E-state index >= 15 is 0 Å². The van der Waals surface area contributed by atoms with E-state index in [1.807, 2.05) is 0 Å². The molecule has 1 saturated carbocycles. The average molecular weight is 198 g/mol. The maximum Gasteiger partial charge on any atom is 0.324 e. The van der Waals surface area contributed by atoms with Gasteiger partial charge in [-0.25, -0.2) is 0 Å². The first-order valence-electron chi connectivity index (χ1n) is 3.37. The zero-order valence-electron chi connectivity index (χ0n) is 6.31. The molecule has 13 heavy (non-hydrogen) atoms. The fourth-order valence-electron chi connectivity index (χ4n) is 1.36. The molecule has 2 nitrogen and oxygen atoms in total. The number of carbonyl (C=O) groups is 1. The molecular weight excluding hydrogens is 192 g/mol. The van der Waals surface area contributed by atoms with Crippen LogP contribution in [0.1, 0.15) is 0 Å². The molecule has 0 aliphatic heterocycles. The molecule has 1 rings (SSSR count). The van der Waals surface area contributed by atoms with Gasteiger partial charge in [-0.3, -0.25) is 4.79 Å². The summed E-state index contributed by atoms with van der Waals surface area (Å²) in [4.78, 5) is 10.2. The van der Waals surface area contributed by atoms with Crippen LogP contribution in [0, 0.1) is 11.8 Å². The molecule has 6 heteroatoms. The van der Waals surface area contributed by atoms with Gasteiger partial charge >= 0.3 is 17.8 Å². The number of allylic oxidation sites excluding steroid dienone is 1. The number of hydrogen-bond donors (Lipinski definition) is 1. The molecule has 0 amide bonds. The van der Waals surface area contributed by atoms with Crippen LogP contribution in [0.2, 0.25) is 0 Å². The van der Waals surface area contributed by atoms with Gasteiger partial charge in [-0.15, -0.1) is 6.58 Å². The molecule has 0 heterocycles. The molecule has 0 saturated heterocycles. The predicted octanol–water partition coefficient (Wildman–Crippen LogP) is 1.77. The molecule has 1 aliphatic carbocycles. The predicted molar refractivity (Wildman–Crippen MR) is 34.7 cm³/mol. The van der Waals surface area contributed by atoms with Crippen LogP contribution in [0.15, 0.2) is 12.7 Å². The van der Waals surface area contributed by atoms with E-state index in [9.17, 15) is 22.4 Å². The van der Waals surface area contributed by atoms with Gasteiger partial charge in [0.05, 0.1) is 5.92 Å². The van der Waals surface area contributed by atoms with Crippen LogP contribution in [0.5, 0.6) is 0 Å². The van der Waals surface area contributed by atoms with Crippen molar-refractivity contribution >= 4 is 5.97 Å². The molecular formula is C7H6F4O2. The third-order valence-corrected chi connectivity index (χ3v) is 2.13. The third kappa shape index (κ3) is 0.973. The molecule has 0 aromatic heterocycles. The number of carboxylic acid groups (broad SMARTS) is 1. The highest BCUT2D eigenvalue weighted by Crippen LogP contribution is 2.59. The standard InChI is InChI=1S/C7H6F4O2/c1-2-3-4(5(12)13)7(10,11)6(3,8)9/h2-4H,1H2,(H,12,13). The van der Waals surface area contributed by atoms with Crippen LogP contribution in [-0.2, 0) is 4.79 Å². The van der Waals surface area contributed by atoms with Crippen molar-refractivity contribution in [3.63, 3.8) is 0 Å². The molecule has 1 aliphatic rings. The molecule has 0 radical (unpaired) electrons. The van der Waals surface area contributed by atoms with E-state index in [1.165, 1.54) is 0 Å². The van der Waals surface area contributed by atoms with Crippen molar-refractivity contribution in [2.45, 2.75) is 11.8 Å². The number of alkyl halides is 4. The first kappa shape index (κ1) is 10.0. The van der Waals surface area contributed by atoms with E-state index in [1.54, 1.807) is 0 Å². The van der Waals surface area contributed by atoms with E-state index in [4.69, 9.17) is 5.11 Å². The summed E-state index contributed by atoms with van der Waals surface area (Å²) in [5, 5.41) is 8.24. The fraction of sp³-hybridized carbons (Fsp3) is 0.571. The van der Waals surface area contributed by atoms with Gasteiger partial charge < -0.3 is 5.11 Å². The summed E-state index contributed by atoms with van der Waals surface area (Å²) in [6, 6.07) is 0. The summed E-state index contributed by atoms with van der Waals surface area (Å²) in [6.07, 6.45) is 0.552. The van der Waals surface area contributed by atoms with Crippen LogP contribution >= 0.6 is 0 Å². The minimum Gasteiger partial charge on any atom is -0.481 e. The number of aliphatic carboxylic acids is 1. The Balaban J connectivity index is 3.01. The Bertz CT molecular complexity index is 261. The summed E-state index contributed by atoms with van der Waals surface area (Å²) in [5.41, 5.74) is 0. The van der Waals surface area contributed by atoms with Crippen LogP contribution in [-0.4, -0.2) is 22.9 Å². The number of rotatable bonds is 2. The summed E-state index contributed by atoms with van der Waals surface area (Å²) in [7, 11) is 0. The summed E-state index contributed by atoms with van der Waals surface area (Å²) in [5.74, 6) is -15.0. The van der Waals surface area contributed by atoms with Gasteiger partial charge in [0.25, 0.3) is 0 Å². The fourth-order valence-corrected chi connectivity index (χ4v) is 1.36. The molecule has 0 aromatic rings. The van der Waals surface area contributed by atoms with Crippen molar-refractivity contribution in [1.29, 1.82) is 0 Å². The van der Waals surface area contributed by atoms with Crippen molar-refractivity contribution in [2.75, 3.05) is 0 Å². The number of carboxylic acids is 1. The quantitative estimate of drug-likeness (QED) is 0.542. The lowest BCUT2D eigenvalue weighted by atomic mass is 9.66. The van der Waals surface area contributed by atoms with Crippen molar-refractivity contribution in [3.8, 4) is 0 Å². The Kier molecular flexibility index (Phi) is 1.90. The molecule has 2 unspecified atom stereocenters. The van der Waals surface area contributed by atoms with Gasteiger partial charge in [-0.05, 0) is 0 Å². The first-order chi connectivity index (χ1) is 5.76. The second-order valence-electron chi connectivity index (χ2n) is 2.82. The Morgan fingerprint density at radius 1 is 1.31 bits per heavy atom. The summed E-state index contributed by atoms with van der Waals surface area (Å²) in [6.45, 7) is 2.90. The lowest BCUT2D eigenvalue weighted by Crippen LogP contribution is -2.68. The van der Waals surface area contributed by atoms with Gasteiger partial charge in [0.1, 0.15) is 5.92 Å². The van der Waals surface area contributed by atoms with Gasteiger partial charge in [0.15, 0.2) is 0 Å². The highest BCUT2D eigenvalue weighted by Gasteiger charge is 2.80. The lowest BCUT2D eigenvalue weighted by Gasteiger charge is -2.47. The van der Waals surface area contributed by atoms with Gasteiger partial charge in [-0.2, -0.15) is 17.6 Å². The third-order valence-electron chi connectivity index (χ3n) is 2.13. The molecule has 74 valence electrons. The Morgan fingerprint density at radius 2 is 1.77 bits per heavy atom. The zero-order valence-corrected chi connectivity index (χ0v) is 6.31. The minimum atomic E-state index is -4.47. The Hall–Kier alpha value is -1.07. The zero-order chi connectivity index (χ0) is 10.4. The maximum atomic E-state index is 12.5. The first-order valence-corrected chi connectivity index (χ1v) is 3.37.